The molecule has 0 spiro atoms. The van der Waals surface area contributed by atoms with Gasteiger partial charge in [0, 0.05) is 5.75 Å². The smallest absolute Gasteiger partial charge is 0.326 e. The first-order valence-corrected chi connectivity index (χ1v) is 6.88. The fourth-order valence-electron chi connectivity index (χ4n) is 1.17. The lowest BCUT2D eigenvalue weighted by Gasteiger charge is -2.26. The maximum atomic E-state index is 11.7. The summed E-state index contributed by atoms with van der Waals surface area (Å²) in [5.41, 5.74) is -0.687. The normalized spacial score (nSPS) is 16.3. The fraction of sp³-hybridized carbons (Fsp3) is 0.909. The fourth-order valence-corrected chi connectivity index (χ4v) is 2.26. The lowest BCUT2D eigenvalue weighted by atomic mass is 10.00. The Labute approximate surface area is 107 Å². The Kier molecular flexibility index (Phi) is 8.59. The van der Waals surface area contributed by atoms with E-state index in [4.69, 9.17) is 14.9 Å². The third-order valence-electron chi connectivity index (χ3n) is 2.55. The van der Waals surface area contributed by atoms with Crippen LogP contribution in [0.1, 0.15) is 20.3 Å². The van der Waals surface area contributed by atoms with Gasteiger partial charge in [-0.1, -0.05) is 0 Å². The second-order valence-electron chi connectivity index (χ2n) is 3.96. The topological polar surface area (TPSA) is 78.8 Å². The molecule has 0 radical (unpaired) electrons. The van der Waals surface area contributed by atoms with Gasteiger partial charge in [0.25, 0.3) is 0 Å². The van der Waals surface area contributed by atoms with Gasteiger partial charge < -0.3 is 20.3 Å². The molecule has 0 bridgehead atoms. The van der Waals surface area contributed by atoms with Gasteiger partial charge >= 0.3 is 5.97 Å². The van der Waals surface area contributed by atoms with Crippen LogP contribution in [0.25, 0.3) is 0 Å². The Balaban J connectivity index is 3.99. The van der Waals surface area contributed by atoms with Crippen molar-refractivity contribution in [3.63, 3.8) is 0 Å². The van der Waals surface area contributed by atoms with E-state index in [1.807, 2.05) is 0 Å². The molecule has 102 valence electrons. The summed E-state index contributed by atoms with van der Waals surface area (Å²) in [5.74, 6) is 0.928. The van der Waals surface area contributed by atoms with E-state index in [9.17, 15) is 4.79 Å². The molecule has 0 aromatic rings. The number of aliphatic hydroxyl groups excluding tert-OH is 2. The molecule has 0 heterocycles. The van der Waals surface area contributed by atoms with Gasteiger partial charge in [0.05, 0.1) is 19.3 Å². The standard InChI is InChI=1S/C11H23NO4S/c1-4-16-10(15)11(2,12-3)5-6-17-8-9(14)7-13/h9,12-14H,4-8H2,1-3H3. The van der Waals surface area contributed by atoms with Crippen molar-refractivity contribution in [3.8, 4) is 0 Å². The summed E-state index contributed by atoms with van der Waals surface area (Å²) in [6.07, 6.45) is -0.0750. The number of hydrogen-bond acceptors (Lipinski definition) is 6. The summed E-state index contributed by atoms with van der Waals surface area (Å²) in [7, 11) is 1.73. The molecule has 0 rings (SSSR count). The molecule has 17 heavy (non-hydrogen) atoms. The average Bonchev–Trinajstić information content (AvgIpc) is 2.34. The van der Waals surface area contributed by atoms with Gasteiger partial charge in [0.1, 0.15) is 5.54 Å². The number of nitrogens with one attached hydrogen (secondary N) is 1. The highest BCUT2D eigenvalue weighted by Crippen LogP contribution is 2.16. The maximum Gasteiger partial charge on any atom is 0.326 e. The van der Waals surface area contributed by atoms with Crippen LogP contribution in [0.4, 0.5) is 0 Å². The molecule has 2 unspecified atom stereocenters. The minimum atomic E-state index is -0.691. The van der Waals surface area contributed by atoms with E-state index in [0.717, 1.165) is 0 Å². The molecule has 2 atom stereocenters. The molecule has 0 aromatic carbocycles. The van der Waals surface area contributed by atoms with Crippen LogP contribution in [0, 0.1) is 0 Å². The van der Waals surface area contributed by atoms with E-state index in [1.165, 1.54) is 11.8 Å². The van der Waals surface area contributed by atoms with Gasteiger partial charge in [0.15, 0.2) is 0 Å². The maximum absolute atomic E-state index is 11.7. The highest BCUT2D eigenvalue weighted by Gasteiger charge is 2.32. The SMILES string of the molecule is CCOC(=O)C(C)(CCSCC(O)CO)NC. The number of likely N-dealkylation sites (N-methyl/N-ethyl adjacent to an activating group) is 1. The van der Waals surface area contributed by atoms with Crippen molar-refractivity contribution < 1.29 is 19.7 Å². The first-order chi connectivity index (χ1) is 8.00. The average molecular weight is 265 g/mol. The molecule has 5 nitrogen and oxygen atoms in total. The van der Waals surface area contributed by atoms with Gasteiger partial charge in [-0.25, -0.2) is 0 Å². The number of esters is 1. The van der Waals surface area contributed by atoms with Crippen LogP contribution in [0.5, 0.6) is 0 Å². The predicted octanol–water partition coefficient (Wildman–Crippen LogP) is 0.00410. The Morgan fingerprint density at radius 3 is 2.71 bits per heavy atom. The summed E-state index contributed by atoms with van der Waals surface area (Å²) >= 11 is 1.51. The Morgan fingerprint density at radius 2 is 2.24 bits per heavy atom. The summed E-state index contributed by atoms with van der Waals surface area (Å²) in [6.45, 7) is 3.72. The van der Waals surface area contributed by atoms with Crippen molar-refractivity contribution in [2.75, 3.05) is 31.8 Å². The lowest BCUT2D eigenvalue weighted by molar-refractivity contribution is -0.150. The third kappa shape index (κ3) is 6.26. The van der Waals surface area contributed by atoms with Gasteiger partial charge in [-0.05, 0) is 33.1 Å². The number of carbonyl (C=O) groups excluding carboxylic acids is 1. The zero-order chi connectivity index (χ0) is 13.3. The van der Waals surface area contributed by atoms with E-state index in [0.29, 0.717) is 24.5 Å². The largest absolute Gasteiger partial charge is 0.465 e. The number of ether oxygens (including phenoxy) is 1. The zero-order valence-electron chi connectivity index (χ0n) is 10.7. The number of carbonyl (C=O) groups is 1. The Bertz CT molecular complexity index is 228. The molecule has 0 aliphatic heterocycles. The number of hydrogen-bond donors (Lipinski definition) is 3. The zero-order valence-corrected chi connectivity index (χ0v) is 11.5. The molecule has 0 aliphatic carbocycles. The molecular weight excluding hydrogens is 242 g/mol. The summed E-state index contributed by atoms with van der Waals surface area (Å²) < 4.78 is 5.00. The highest BCUT2D eigenvalue weighted by molar-refractivity contribution is 7.99. The molecular formula is C11H23NO4S. The second-order valence-corrected chi connectivity index (χ2v) is 5.11. The number of aliphatic hydroxyl groups is 2. The van der Waals surface area contributed by atoms with Crippen LogP contribution in [0.3, 0.4) is 0 Å². The van der Waals surface area contributed by atoms with Gasteiger partial charge in [0.2, 0.25) is 0 Å². The second kappa shape index (κ2) is 8.74. The van der Waals surface area contributed by atoms with Gasteiger partial charge in [-0.15, -0.1) is 0 Å². The van der Waals surface area contributed by atoms with Crippen LogP contribution in [-0.2, 0) is 9.53 Å². The highest BCUT2D eigenvalue weighted by atomic mass is 32.2. The molecule has 6 heteroatoms. The van der Waals surface area contributed by atoms with Crippen molar-refractivity contribution in [1.82, 2.24) is 5.32 Å². The van der Waals surface area contributed by atoms with Gasteiger partial charge in [-0.3, -0.25) is 4.79 Å². The van der Waals surface area contributed by atoms with Crippen LogP contribution in [0.15, 0.2) is 0 Å². The van der Waals surface area contributed by atoms with Crippen molar-refractivity contribution in [3.05, 3.63) is 0 Å². The monoisotopic (exact) mass is 265 g/mol. The van der Waals surface area contributed by atoms with Crippen LogP contribution < -0.4 is 5.32 Å². The predicted molar refractivity (Wildman–Crippen MR) is 69.1 cm³/mol. The van der Waals surface area contributed by atoms with Crippen molar-refractivity contribution >= 4 is 17.7 Å². The van der Waals surface area contributed by atoms with Crippen LogP contribution >= 0.6 is 11.8 Å². The van der Waals surface area contributed by atoms with E-state index in [2.05, 4.69) is 5.32 Å². The molecule has 0 aromatic heterocycles. The van der Waals surface area contributed by atoms with E-state index in [1.54, 1.807) is 20.9 Å². The van der Waals surface area contributed by atoms with Crippen molar-refractivity contribution in [2.45, 2.75) is 31.9 Å². The van der Waals surface area contributed by atoms with Crippen LogP contribution in [0.2, 0.25) is 0 Å². The Hall–Kier alpha value is -0.300. The summed E-state index contributed by atoms with van der Waals surface area (Å²) in [4.78, 5) is 11.7. The molecule has 0 aliphatic rings. The number of rotatable bonds is 9. The first-order valence-electron chi connectivity index (χ1n) is 5.73. The van der Waals surface area contributed by atoms with E-state index < -0.39 is 11.6 Å². The quantitative estimate of drug-likeness (QED) is 0.402. The lowest BCUT2D eigenvalue weighted by Crippen LogP contribution is -2.49. The van der Waals surface area contributed by atoms with Gasteiger partial charge in [-0.2, -0.15) is 11.8 Å². The van der Waals surface area contributed by atoms with E-state index >= 15 is 0 Å². The summed E-state index contributed by atoms with van der Waals surface area (Å²) in [6, 6.07) is 0. The molecule has 0 saturated heterocycles. The van der Waals surface area contributed by atoms with Crippen molar-refractivity contribution in [1.29, 1.82) is 0 Å². The van der Waals surface area contributed by atoms with Crippen molar-refractivity contribution in [2.24, 2.45) is 0 Å². The molecule has 3 N–H and O–H groups in total. The molecule has 0 fully saturated rings. The third-order valence-corrected chi connectivity index (χ3v) is 3.66. The molecule has 0 amide bonds. The number of thioether (sulfide) groups is 1. The minimum absolute atomic E-state index is 0.228. The first kappa shape index (κ1) is 16.7. The summed E-state index contributed by atoms with van der Waals surface area (Å²) in [5, 5.41) is 20.8. The van der Waals surface area contributed by atoms with Crippen LogP contribution in [-0.4, -0.2) is 59.6 Å². The van der Waals surface area contributed by atoms with E-state index in [-0.39, 0.29) is 12.6 Å². The minimum Gasteiger partial charge on any atom is -0.465 e. The molecule has 0 saturated carbocycles. The Morgan fingerprint density at radius 1 is 1.59 bits per heavy atom.